The molecular weight excluding hydrogens is 819 g/mol. The van der Waals surface area contributed by atoms with E-state index in [0.29, 0.717) is 19.4 Å². The molecule has 0 aromatic heterocycles. The van der Waals surface area contributed by atoms with Crippen molar-refractivity contribution in [2.75, 3.05) is 19.8 Å². The average molecular weight is 888 g/mol. The first-order chi connectivity index (χ1) is 26.8. The van der Waals surface area contributed by atoms with Gasteiger partial charge < -0.3 is 55.0 Å². The average Bonchev–Trinajstić information content (AvgIpc) is 3.12. The van der Waals surface area contributed by atoms with E-state index in [2.05, 4.69) is 16.0 Å². The number of aliphatic hydroxyl groups excluding tert-OH is 3. The summed E-state index contributed by atoms with van der Waals surface area (Å²) in [7, 11) is -16.6. The number of esters is 2. The van der Waals surface area contributed by atoms with Crippen molar-refractivity contribution in [1.29, 1.82) is 0 Å². The lowest BCUT2D eigenvalue weighted by Gasteiger charge is -2.44. The molecule has 1 aliphatic carbocycles. The highest BCUT2D eigenvalue weighted by atomic mass is 31.2. The van der Waals surface area contributed by atoms with Gasteiger partial charge in [-0.3, -0.25) is 27.7 Å². The van der Waals surface area contributed by atoms with Crippen molar-refractivity contribution in [2.45, 2.75) is 184 Å². The molecule has 10 N–H and O–H groups in total. The quantitative estimate of drug-likeness (QED) is 0.0249. The number of ether oxygens (including phenoxy) is 2. The summed E-state index contributed by atoms with van der Waals surface area (Å²) in [6.45, 7) is 1.31. The van der Waals surface area contributed by atoms with E-state index in [1.54, 1.807) is 0 Å². The van der Waals surface area contributed by atoms with Crippen molar-refractivity contribution in [2.24, 2.45) is 5.73 Å². The minimum Gasteiger partial charge on any atom is -0.462 e. The Hall–Kier alpha value is -0.890. The molecule has 57 heavy (non-hydrogen) atoms. The Morgan fingerprint density at radius 2 is 0.947 bits per heavy atom. The van der Waals surface area contributed by atoms with Gasteiger partial charge >= 0.3 is 35.4 Å². The molecule has 8 atom stereocenters. The molecule has 0 aromatic rings. The number of carbonyl (C=O) groups is 2. The molecular formula is C34H68NO19P3. The van der Waals surface area contributed by atoms with Gasteiger partial charge in [-0.2, -0.15) is 0 Å². The SMILES string of the molecule is CCCCCCCCCCCCCCCC(=O)O[C@@H](COC(=O)CCCCCCCCN)COP(=O)(O)OC1C(O)[C@@H](OP(=O)(O)O)C(OP(=O)(O)O)[C@@H](O)[C@H]1O. The zero-order chi connectivity index (χ0) is 42.9. The zero-order valence-electron chi connectivity index (χ0n) is 33.0. The van der Waals surface area contributed by atoms with Crippen molar-refractivity contribution in [3.63, 3.8) is 0 Å². The highest BCUT2D eigenvalue weighted by molar-refractivity contribution is 7.47. The van der Waals surface area contributed by atoms with Gasteiger partial charge in [0, 0.05) is 12.8 Å². The third-order valence-electron chi connectivity index (χ3n) is 9.26. The zero-order valence-corrected chi connectivity index (χ0v) is 35.7. The molecule has 0 radical (unpaired) electrons. The molecule has 0 heterocycles. The number of unbranched alkanes of at least 4 members (excludes halogenated alkanes) is 17. The second kappa shape index (κ2) is 29.4. The molecule has 338 valence electrons. The maximum Gasteiger partial charge on any atom is 0.472 e. The third kappa shape index (κ3) is 26.1. The lowest BCUT2D eigenvalue weighted by atomic mass is 9.85. The van der Waals surface area contributed by atoms with Gasteiger partial charge in [0.05, 0.1) is 6.61 Å². The first kappa shape index (κ1) is 54.1. The van der Waals surface area contributed by atoms with Crippen molar-refractivity contribution in [3.8, 4) is 0 Å². The predicted octanol–water partition coefficient (Wildman–Crippen LogP) is 4.17. The summed E-state index contributed by atoms with van der Waals surface area (Å²) in [5.74, 6) is -1.33. The summed E-state index contributed by atoms with van der Waals surface area (Å²) in [5, 5.41) is 31.7. The topological polar surface area (TPSA) is 329 Å². The van der Waals surface area contributed by atoms with Crippen LogP contribution in [0.4, 0.5) is 0 Å². The summed E-state index contributed by atoms with van der Waals surface area (Å²) in [4.78, 5) is 72.5. The van der Waals surface area contributed by atoms with E-state index in [1.807, 2.05) is 0 Å². The van der Waals surface area contributed by atoms with Crippen LogP contribution in [0.2, 0.25) is 0 Å². The molecule has 1 rings (SSSR count). The Kier molecular flexibility index (Phi) is 27.9. The van der Waals surface area contributed by atoms with Gasteiger partial charge in [-0.15, -0.1) is 0 Å². The summed E-state index contributed by atoms with van der Waals surface area (Å²) in [6.07, 6.45) is 3.04. The smallest absolute Gasteiger partial charge is 0.462 e. The second-order valence-corrected chi connectivity index (χ2v) is 18.2. The highest BCUT2D eigenvalue weighted by Crippen LogP contribution is 2.51. The first-order valence-electron chi connectivity index (χ1n) is 20.0. The molecule has 23 heteroatoms. The fourth-order valence-corrected chi connectivity index (χ4v) is 8.34. The van der Waals surface area contributed by atoms with Gasteiger partial charge in [0.15, 0.2) is 6.10 Å². The number of nitrogens with two attached hydrogens (primary N) is 1. The number of phosphoric acid groups is 3. The van der Waals surface area contributed by atoms with Crippen LogP contribution in [0.25, 0.3) is 0 Å². The second-order valence-electron chi connectivity index (χ2n) is 14.4. The molecule has 1 aliphatic rings. The number of phosphoric ester groups is 3. The molecule has 0 aliphatic heterocycles. The van der Waals surface area contributed by atoms with E-state index in [4.69, 9.17) is 24.3 Å². The Morgan fingerprint density at radius 1 is 0.544 bits per heavy atom. The maximum absolute atomic E-state index is 13.0. The number of hydrogen-bond donors (Lipinski definition) is 9. The van der Waals surface area contributed by atoms with Crippen LogP contribution in [-0.2, 0) is 50.9 Å². The Balaban J connectivity index is 2.81. The minimum atomic E-state index is -5.59. The monoisotopic (exact) mass is 887 g/mol. The highest BCUT2D eigenvalue weighted by Gasteiger charge is 2.56. The van der Waals surface area contributed by atoms with Gasteiger partial charge in [0.25, 0.3) is 0 Å². The number of carbonyl (C=O) groups excluding carboxylic acids is 2. The van der Waals surface area contributed by atoms with E-state index in [-0.39, 0.29) is 12.8 Å². The molecule has 0 bridgehead atoms. The maximum atomic E-state index is 13.0. The molecule has 0 saturated heterocycles. The van der Waals surface area contributed by atoms with E-state index in [0.717, 1.165) is 64.2 Å². The first-order valence-corrected chi connectivity index (χ1v) is 24.6. The largest absolute Gasteiger partial charge is 0.472 e. The van der Waals surface area contributed by atoms with Crippen LogP contribution < -0.4 is 5.73 Å². The summed E-state index contributed by atoms with van der Waals surface area (Å²) < 4.78 is 64.9. The molecule has 0 amide bonds. The van der Waals surface area contributed by atoms with Crippen LogP contribution >= 0.6 is 23.5 Å². The van der Waals surface area contributed by atoms with E-state index < -0.39 is 91.3 Å². The molecule has 1 saturated carbocycles. The fraction of sp³-hybridized carbons (Fsp3) is 0.941. The normalized spacial score (nSPS) is 23.2. The summed E-state index contributed by atoms with van der Waals surface area (Å²) >= 11 is 0. The molecule has 20 nitrogen and oxygen atoms in total. The molecule has 0 aromatic carbocycles. The molecule has 1 fully saturated rings. The Labute approximate surface area is 335 Å². The van der Waals surface area contributed by atoms with Crippen molar-refractivity contribution < 1.29 is 90.6 Å². The standard InChI is InChI=1S/C34H68NO19P3/c1-2-3-4-5-6-7-8-9-10-11-12-16-19-22-28(37)51-26(24-49-27(36)21-18-15-13-14-17-20-23-35)25-50-57(47,48)54-32-29(38)30(39)33(52-55(41,42)43)34(31(32)40)53-56(44,45)46/h26,29-34,38-40H,2-25,35H2,1H3,(H,47,48)(H2,41,42,43)(H2,44,45,46)/t26-,29+,30-,31?,32?,33?,34+/m0/s1. The van der Waals surface area contributed by atoms with Crippen LogP contribution in [0.15, 0.2) is 0 Å². The van der Waals surface area contributed by atoms with Gasteiger partial charge in [-0.05, 0) is 25.8 Å². The summed E-state index contributed by atoms with van der Waals surface area (Å²) in [5.41, 5.74) is 5.49. The van der Waals surface area contributed by atoms with Gasteiger partial charge in [-0.25, -0.2) is 13.7 Å². The van der Waals surface area contributed by atoms with E-state index in [1.165, 1.54) is 44.9 Å². The van der Waals surface area contributed by atoms with Crippen LogP contribution in [0, 0.1) is 0 Å². The lowest BCUT2D eigenvalue weighted by molar-refractivity contribution is -0.213. The number of hydrogen-bond acceptors (Lipinski definition) is 15. The number of aliphatic hydroxyl groups is 3. The summed E-state index contributed by atoms with van der Waals surface area (Å²) in [6, 6.07) is 0. The third-order valence-corrected chi connectivity index (χ3v) is 11.3. The predicted molar refractivity (Wildman–Crippen MR) is 205 cm³/mol. The van der Waals surface area contributed by atoms with Crippen molar-refractivity contribution in [3.05, 3.63) is 0 Å². The Morgan fingerprint density at radius 3 is 1.40 bits per heavy atom. The molecule has 0 spiro atoms. The van der Waals surface area contributed by atoms with Gasteiger partial charge in [0.2, 0.25) is 0 Å². The van der Waals surface area contributed by atoms with Crippen LogP contribution in [0.3, 0.4) is 0 Å². The van der Waals surface area contributed by atoms with Crippen LogP contribution in [0.1, 0.15) is 142 Å². The van der Waals surface area contributed by atoms with Crippen molar-refractivity contribution >= 4 is 35.4 Å². The van der Waals surface area contributed by atoms with Crippen LogP contribution in [-0.4, -0.2) is 114 Å². The van der Waals surface area contributed by atoms with E-state index >= 15 is 0 Å². The van der Waals surface area contributed by atoms with Crippen LogP contribution in [0.5, 0.6) is 0 Å². The fourth-order valence-electron chi connectivity index (χ4n) is 6.24. The minimum absolute atomic E-state index is 0.00317. The van der Waals surface area contributed by atoms with Gasteiger partial charge in [-0.1, -0.05) is 110 Å². The Bertz CT molecular complexity index is 1250. The van der Waals surface area contributed by atoms with E-state index in [9.17, 15) is 63.1 Å². The number of rotatable bonds is 34. The lowest BCUT2D eigenvalue weighted by Crippen LogP contribution is -2.65. The van der Waals surface area contributed by atoms with Gasteiger partial charge in [0.1, 0.15) is 43.2 Å². The molecule has 4 unspecified atom stereocenters. The van der Waals surface area contributed by atoms with Crippen molar-refractivity contribution in [1.82, 2.24) is 0 Å².